The molecule has 2 heterocycles. The minimum Gasteiger partial charge on any atom is -0.493 e. The molecule has 1 aliphatic heterocycles. The number of hydrogen-bond acceptors (Lipinski definition) is 3. The molecule has 1 aromatic carbocycles. The minimum atomic E-state index is 0.00230. The molecule has 0 aliphatic carbocycles. The van der Waals surface area contributed by atoms with Gasteiger partial charge in [-0.2, -0.15) is 0 Å². The van der Waals surface area contributed by atoms with Gasteiger partial charge in [0.2, 0.25) is 0 Å². The first-order valence-electron chi connectivity index (χ1n) is 6.30. The van der Waals surface area contributed by atoms with E-state index in [4.69, 9.17) is 4.74 Å². The summed E-state index contributed by atoms with van der Waals surface area (Å²) in [5, 5.41) is 2.99. The van der Waals surface area contributed by atoms with E-state index in [2.05, 4.69) is 11.4 Å². The number of carbonyl (C=O) groups is 1. The van der Waals surface area contributed by atoms with E-state index in [0.29, 0.717) is 13.2 Å². The summed E-state index contributed by atoms with van der Waals surface area (Å²) in [4.78, 5) is 13.9. The van der Waals surface area contributed by atoms with E-state index in [1.807, 2.05) is 37.3 Å². The summed E-state index contributed by atoms with van der Waals surface area (Å²) in [7, 11) is 0. The Morgan fingerprint density at radius 2 is 2.21 bits per heavy atom. The number of amides is 1. The molecule has 1 N–H and O–H groups in total. The van der Waals surface area contributed by atoms with Gasteiger partial charge in [0.25, 0.3) is 5.91 Å². The van der Waals surface area contributed by atoms with Gasteiger partial charge in [-0.1, -0.05) is 18.2 Å². The zero-order chi connectivity index (χ0) is 13.2. The fourth-order valence-electron chi connectivity index (χ4n) is 2.26. The lowest BCUT2D eigenvalue weighted by Gasteiger charge is -2.09. The lowest BCUT2D eigenvalue weighted by atomic mass is 10.0. The second-order valence-electron chi connectivity index (χ2n) is 4.67. The molecular weight excluding hydrogens is 258 g/mol. The predicted molar refractivity (Wildman–Crippen MR) is 76.1 cm³/mol. The first-order valence-corrected chi connectivity index (χ1v) is 7.12. The molecule has 1 unspecified atom stereocenters. The lowest BCUT2D eigenvalue weighted by Crippen LogP contribution is -2.28. The molecule has 3 nitrogen and oxygen atoms in total. The van der Waals surface area contributed by atoms with Crippen LogP contribution < -0.4 is 10.1 Å². The zero-order valence-corrected chi connectivity index (χ0v) is 11.5. The van der Waals surface area contributed by atoms with Gasteiger partial charge in [-0.05, 0) is 25.1 Å². The molecule has 1 amide bonds. The molecule has 19 heavy (non-hydrogen) atoms. The van der Waals surface area contributed by atoms with Crippen molar-refractivity contribution in [2.24, 2.45) is 0 Å². The topological polar surface area (TPSA) is 38.3 Å². The van der Waals surface area contributed by atoms with Crippen molar-refractivity contribution in [1.82, 2.24) is 5.32 Å². The van der Waals surface area contributed by atoms with Crippen LogP contribution in [0.15, 0.2) is 36.4 Å². The number of hydrogen-bond donors (Lipinski definition) is 1. The van der Waals surface area contributed by atoms with Gasteiger partial charge in [-0.15, -0.1) is 11.3 Å². The highest BCUT2D eigenvalue weighted by molar-refractivity contribution is 7.13. The number of carbonyl (C=O) groups excluding carboxylic acids is 1. The Hall–Kier alpha value is -1.81. The summed E-state index contributed by atoms with van der Waals surface area (Å²) in [5.41, 5.74) is 1.19. The summed E-state index contributed by atoms with van der Waals surface area (Å²) < 4.78 is 5.60. The number of para-hydroxylation sites is 1. The van der Waals surface area contributed by atoms with Gasteiger partial charge in [-0.25, -0.2) is 0 Å². The van der Waals surface area contributed by atoms with Crippen molar-refractivity contribution < 1.29 is 9.53 Å². The number of nitrogens with one attached hydrogen (secondary N) is 1. The molecule has 0 saturated heterocycles. The number of benzene rings is 1. The van der Waals surface area contributed by atoms with Gasteiger partial charge in [0, 0.05) is 22.9 Å². The molecule has 0 radical (unpaired) electrons. The number of aryl methyl sites for hydroxylation is 1. The average molecular weight is 273 g/mol. The molecule has 0 saturated carbocycles. The number of thiophene rings is 1. The van der Waals surface area contributed by atoms with Gasteiger partial charge < -0.3 is 10.1 Å². The summed E-state index contributed by atoms with van der Waals surface area (Å²) in [6.07, 6.45) is 0. The minimum absolute atomic E-state index is 0.00230. The Balaban J connectivity index is 1.63. The Morgan fingerprint density at radius 3 is 3.00 bits per heavy atom. The van der Waals surface area contributed by atoms with E-state index in [1.54, 1.807) is 0 Å². The van der Waals surface area contributed by atoms with Crippen molar-refractivity contribution >= 4 is 17.2 Å². The monoisotopic (exact) mass is 273 g/mol. The maximum Gasteiger partial charge on any atom is 0.261 e. The third-order valence-electron chi connectivity index (χ3n) is 3.27. The van der Waals surface area contributed by atoms with E-state index in [1.165, 1.54) is 16.9 Å². The van der Waals surface area contributed by atoms with Crippen LogP contribution in [0.4, 0.5) is 0 Å². The smallest absolute Gasteiger partial charge is 0.261 e. The van der Waals surface area contributed by atoms with Crippen molar-refractivity contribution in [3.8, 4) is 5.75 Å². The van der Waals surface area contributed by atoms with E-state index in [-0.39, 0.29) is 11.8 Å². The highest BCUT2D eigenvalue weighted by Gasteiger charge is 2.24. The van der Waals surface area contributed by atoms with Crippen LogP contribution in [0, 0.1) is 6.92 Å². The molecule has 4 heteroatoms. The molecule has 0 fully saturated rings. The molecule has 3 rings (SSSR count). The van der Waals surface area contributed by atoms with Crippen molar-refractivity contribution in [2.45, 2.75) is 12.8 Å². The highest BCUT2D eigenvalue weighted by Crippen LogP contribution is 2.32. The maximum atomic E-state index is 12.0. The van der Waals surface area contributed by atoms with Crippen LogP contribution in [0.25, 0.3) is 0 Å². The SMILES string of the molecule is Cc1ccc(C(=O)NCC2COc3ccccc32)s1. The molecule has 1 aromatic heterocycles. The van der Waals surface area contributed by atoms with Gasteiger partial charge in [0.05, 0.1) is 11.5 Å². The van der Waals surface area contributed by atoms with Crippen molar-refractivity contribution in [2.75, 3.05) is 13.2 Å². The number of ether oxygens (including phenoxy) is 1. The fraction of sp³-hybridized carbons (Fsp3) is 0.267. The Labute approximate surface area is 116 Å². The molecule has 0 bridgehead atoms. The molecule has 1 atom stereocenters. The molecule has 98 valence electrons. The predicted octanol–water partition coefficient (Wildman–Crippen LogP) is 2.96. The fourth-order valence-corrected chi connectivity index (χ4v) is 3.04. The normalized spacial score (nSPS) is 16.8. The van der Waals surface area contributed by atoms with Crippen LogP contribution >= 0.6 is 11.3 Å². The van der Waals surface area contributed by atoms with Gasteiger partial charge in [-0.3, -0.25) is 4.79 Å². The van der Waals surface area contributed by atoms with Crippen LogP contribution in [0.1, 0.15) is 26.0 Å². The van der Waals surface area contributed by atoms with Gasteiger partial charge in [0.1, 0.15) is 5.75 Å². The van der Waals surface area contributed by atoms with Crippen LogP contribution in [-0.4, -0.2) is 19.1 Å². The summed E-state index contributed by atoms with van der Waals surface area (Å²) in [5.74, 6) is 1.19. The van der Waals surface area contributed by atoms with Crippen LogP contribution in [0.2, 0.25) is 0 Å². The largest absolute Gasteiger partial charge is 0.493 e. The van der Waals surface area contributed by atoms with E-state index >= 15 is 0 Å². The molecular formula is C15H15NO2S. The average Bonchev–Trinajstić information content (AvgIpc) is 3.02. The summed E-state index contributed by atoms with van der Waals surface area (Å²) in [6, 6.07) is 11.8. The first-order chi connectivity index (χ1) is 9.24. The molecule has 0 spiro atoms. The number of fused-ring (bicyclic) bond motifs is 1. The van der Waals surface area contributed by atoms with E-state index in [0.717, 1.165) is 15.5 Å². The van der Waals surface area contributed by atoms with E-state index in [9.17, 15) is 4.79 Å². The standard InChI is InChI=1S/C15H15NO2S/c1-10-6-7-14(19-10)15(17)16-8-11-9-18-13-5-3-2-4-12(11)13/h2-7,11H,8-9H2,1H3,(H,16,17). The van der Waals surface area contributed by atoms with Crippen LogP contribution in [0.5, 0.6) is 5.75 Å². The second kappa shape index (κ2) is 5.05. The Bertz CT molecular complexity index is 606. The summed E-state index contributed by atoms with van der Waals surface area (Å²) >= 11 is 1.52. The third kappa shape index (κ3) is 2.49. The lowest BCUT2D eigenvalue weighted by molar-refractivity contribution is 0.0954. The quantitative estimate of drug-likeness (QED) is 0.933. The van der Waals surface area contributed by atoms with Crippen LogP contribution in [-0.2, 0) is 0 Å². The molecule has 2 aromatic rings. The van der Waals surface area contributed by atoms with Crippen molar-refractivity contribution in [1.29, 1.82) is 0 Å². The van der Waals surface area contributed by atoms with Crippen molar-refractivity contribution in [3.05, 3.63) is 51.7 Å². The summed E-state index contributed by atoms with van der Waals surface area (Å²) in [6.45, 7) is 3.26. The van der Waals surface area contributed by atoms with Gasteiger partial charge >= 0.3 is 0 Å². The Kier molecular flexibility index (Phi) is 3.25. The van der Waals surface area contributed by atoms with Crippen molar-refractivity contribution in [3.63, 3.8) is 0 Å². The van der Waals surface area contributed by atoms with Crippen LogP contribution in [0.3, 0.4) is 0 Å². The third-order valence-corrected chi connectivity index (χ3v) is 4.27. The van der Waals surface area contributed by atoms with E-state index < -0.39 is 0 Å². The highest BCUT2D eigenvalue weighted by atomic mass is 32.1. The maximum absolute atomic E-state index is 12.0. The first kappa shape index (κ1) is 12.2. The zero-order valence-electron chi connectivity index (χ0n) is 10.7. The second-order valence-corrected chi connectivity index (χ2v) is 5.95. The van der Waals surface area contributed by atoms with Gasteiger partial charge in [0.15, 0.2) is 0 Å². The molecule has 1 aliphatic rings. The Morgan fingerprint density at radius 1 is 1.37 bits per heavy atom. The number of rotatable bonds is 3.